The second-order valence-corrected chi connectivity index (χ2v) is 6.16. The van der Waals surface area contributed by atoms with E-state index < -0.39 is 11.8 Å². The molecule has 0 unspecified atom stereocenters. The zero-order valence-corrected chi connectivity index (χ0v) is 15.5. The summed E-state index contributed by atoms with van der Waals surface area (Å²) in [5.41, 5.74) is 4.20. The second-order valence-electron chi connectivity index (χ2n) is 6.16. The quantitative estimate of drug-likeness (QED) is 0.489. The number of nitrogens with zero attached hydrogens (tertiary/aromatic N) is 2. The topological polar surface area (TPSA) is 74.5 Å². The number of ether oxygens (including phenoxy) is 1. The molecule has 6 heteroatoms. The highest BCUT2D eigenvalue weighted by molar-refractivity contribution is 5.88. The Hall–Kier alpha value is -3.98. The zero-order valence-electron chi connectivity index (χ0n) is 15.5. The van der Waals surface area contributed by atoms with Crippen LogP contribution in [0.25, 0.3) is 0 Å². The van der Waals surface area contributed by atoms with E-state index in [0.29, 0.717) is 16.9 Å². The minimum Gasteiger partial charge on any atom is -0.489 e. The molecule has 0 saturated carbocycles. The summed E-state index contributed by atoms with van der Waals surface area (Å²) in [5.74, 6) is -1.15. The maximum Gasteiger partial charge on any atom is 0.261 e. The van der Waals surface area contributed by atoms with Gasteiger partial charge in [0.2, 0.25) is 0 Å². The average Bonchev–Trinajstić information content (AvgIpc) is 2.75. The first-order valence-corrected chi connectivity index (χ1v) is 8.91. The van der Waals surface area contributed by atoms with Crippen molar-refractivity contribution in [3.63, 3.8) is 0 Å². The van der Waals surface area contributed by atoms with Crippen molar-refractivity contribution in [2.75, 3.05) is 0 Å². The van der Waals surface area contributed by atoms with Crippen molar-refractivity contribution in [2.45, 2.75) is 12.5 Å². The summed E-state index contributed by atoms with van der Waals surface area (Å²) >= 11 is 0. The Morgan fingerprint density at radius 3 is 2.45 bits per heavy atom. The van der Waals surface area contributed by atoms with Crippen molar-refractivity contribution in [1.29, 1.82) is 5.26 Å². The minimum absolute atomic E-state index is 0.130. The van der Waals surface area contributed by atoms with Crippen LogP contribution >= 0.6 is 0 Å². The van der Waals surface area contributed by atoms with Gasteiger partial charge in [0.05, 0.1) is 12.3 Å². The number of rotatable bonds is 7. The number of hydrazone groups is 1. The molecule has 1 atom stereocenters. The highest BCUT2D eigenvalue weighted by Gasteiger charge is 2.19. The standard InChI is InChI=1S/C23H18FN3O2/c24-22-9-5-4-8-19(22)16-29-20-12-10-17(11-13-20)15-26-27-23(28)21(14-25)18-6-2-1-3-7-18/h1-13,15,21H,16H2,(H,27,28)/b26-15-/t21-/m0/s1. The van der Waals surface area contributed by atoms with E-state index in [2.05, 4.69) is 10.5 Å². The van der Waals surface area contributed by atoms with Gasteiger partial charge < -0.3 is 4.74 Å². The lowest BCUT2D eigenvalue weighted by atomic mass is 10.0. The third kappa shape index (κ3) is 5.50. The van der Waals surface area contributed by atoms with Crippen LogP contribution in [0.1, 0.15) is 22.6 Å². The smallest absolute Gasteiger partial charge is 0.261 e. The van der Waals surface area contributed by atoms with Gasteiger partial charge in [-0.25, -0.2) is 9.82 Å². The molecule has 3 aromatic carbocycles. The Labute approximate surface area is 168 Å². The lowest BCUT2D eigenvalue weighted by Gasteiger charge is -2.08. The van der Waals surface area contributed by atoms with Crippen molar-refractivity contribution < 1.29 is 13.9 Å². The Bertz CT molecular complexity index is 1030. The molecule has 29 heavy (non-hydrogen) atoms. The molecule has 0 aliphatic carbocycles. The molecule has 3 aromatic rings. The van der Waals surface area contributed by atoms with Gasteiger partial charge in [0.15, 0.2) is 5.92 Å². The first-order valence-electron chi connectivity index (χ1n) is 8.91. The molecule has 0 heterocycles. The van der Waals surface area contributed by atoms with E-state index in [1.807, 2.05) is 12.1 Å². The largest absolute Gasteiger partial charge is 0.489 e. The van der Waals surface area contributed by atoms with Crippen LogP contribution in [0.2, 0.25) is 0 Å². The Kier molecular flexibility index (Phi) is 6.69. The van der Waals surface area contributed by atoms with E-state index in [1.165, 1.54) is 12.3 Å². The first-order chi connectivity index (χ1) is 14.2. The molecule has 144 valence electrons. The van der Waals surface area contributed by atoms with Crippen LogP contribution in [0.3, 0.4) is 0 Å². The van der Waals surface area contributed by atoms with E-state index >= 15 is 0 Å². The van der Waals surface area contributed by atoms with Crippen molar-refractivity contribution in [3.8, 4) is 11.8 Å². The number of benzene rings is 3. The van der Waals surface area contributed by atoms with Crippen molar-refractivity contribution in [2.24, 2.45) is 5.10 Å². The molecule has 0 fully saturated rings. The lowest BCUT2D eigenvalue weighted by molar-refractivity contribution is -0.121. The van der Waals surface area contributed by atoms with Crippen LogP contribution in [-0.2, 0) is 11.4 Å². The molecule has 1 amide bonds. The monoisotopic (exact) mass is 387 g/mol. The van der Waals surface area contributed by atoms with E-state index in [0.717, 1.165) is 5.56 Å². The van der Waals surface area contributed by atoms with Crippen LogP contribution in [-0.4, -0.2) is 12.1 Å². The van der Waals surface area contributed by atoms with Gasteiger partial charge in [-0.05, 0) is 41.5 Å². The number of nitriles is 1. The van der Waals surface area contributed by atoms with Gasteiger partial charge in [-0.1, -0.05) is 48.5 Å². The van der Waals surface area contributed by atoms with Gasteiger partial charge in [0, 0.05) is 5.56 Å². The molecule has 0 radical (unpaired) electrons. The van der Waals surface area contributed by atoms with E-state index in [1.54, 1.807) is 66.7 Å². The fourth-order valence-corrected chi connectivity index (χ4v) is 2.59. The molecular formula is C23H18FN3O2. The SMILES string of the molecule is N#C[C@H](C(=O)N/N=C\c1ccc(OCc2ccccc2F)cc1)c1ccccc1. The Morgan fingerprint density at radius 2 is 1.76 bits per heavy atom. The van der Waals surface area contributed by atoms with Gasteiger partial charge >= 0.3 is 0 Å². The van der Waals surface area contributed by atoms with Crippen molar-refractivity contribution in [3.05, 3.63) is 101 Å². The number of hydrogen-bond donors (Lipinski definition) is 1. The number of carbonyl (C=O) groups excluding carboxylic acids is 1. The summed E-state index contributed by atoms with van der Waals surface area (Å²) in [6.45, 7) is 0.130. The Balaban J connectivity index is 1.54. The molecule has 0 saturated heterocycles. The van der Waals surface area contributed by atoms with Crippen LogP contribution in [0.5, 0.6) is 5.75 Å². The lowest BCUT2D eigenvalue weighted by Crippen LogP contribution is -2.24. The molecule has 5 nitrogen and oxygen atoms in total. The molecule has 0 bridgehead atoms. The van der Waals surface area contributed by atoms with Crippen LogP contribution < -0.4 is 10.2 Å². The van der Waals surface area contributed by atoms with Gasteiger partial charge in [0.25, 0.3) is 5.91 Å². The van der Waals surface area contributed by atoms with E-state index in [4.69, 9.17) is 4.74 Å². The zero-order chi connectivity index (χ0) is 20.5. The molecule has 0 aliphatic heterocycles. The molecular weight excluding hydrogens is 369 g/mol. The fraction of sp³-hybridized carbons (Fsp3) is 0.0870. The normalized spacial score (nSPS) is 11.6. The predicted molar refractivity (Wildman–Crippen MR) is 108 cm³/mol. The number of halogens is 1. The number of carbonyl (C=O) groups is 1. The maximum atomic E-state index is 13.6. The van der Waals surface area contributed by atoms with E-state index in [9.17, 15) is 14.4 Å². The van der Waals surface area contributed by atoms with Crippen molar-refractivity contribution in [1.82, 2.24) is 5.43 Å². The van der Waals surface area contributed by atoms with Crippen molar-refractivity contribution >= 4 is 12.1 Å². The summed E-state index contributed by atoms with van der Waals surface area (Å²) in [4.78, 5) is 12.2. The summed E-state index contributed by atoms with van der Waals surface area (Å²) < 4.78 is 19.2. The third-order valence-electron chi connectivity index (χ3n) is 4.14. The van der Waals surface area contributed by atoms with Crippen LogP contribution in [0, 0.1) is 17.1 Å². The Morgan fingerprint density at radius 1 is 1.07 bits per heavy atom. The third-order valence-corrected chi connectivity index (χ3v) is 4.14. The number of hydrogen-bond acceptors (Lipinski definition) is 4. The number of amides is 1. The summed E-state index contributed by atoms with van der Waals surface area (Å²) in [6.07, 6.45) is 1.47. The van der Waals surface area contributed by atoms with Gasteiger partial charge in [-0.3, -0.25) is 4.79 Å². The fourth-order valence-electron chi connectivity index (χ4n) is 2.59. The second kappa shape index (κ2) is 9.81. The minimum atomic E-state index is -0.928. The van der Waals surface area contributed by atoms with Gasteiger partial charge in [-0.15, -0.1) is 0 Å². The molecule has 1 N–H and O–H groups in total. The molecule has 0 aliphatic rings. The van der Waals surface area contributed by atoms with Crippen LogP contribution in [0.15, 0.2) is 84.0 Å². The molecule has 0 aromatic heterocycles. The summed E-state index contributed by atoms with van der Waals surface area (Å²) in [6, 6.07) is 24.2. The highest BCUT2D eigenvalue weighted by atomic mass is 19.1. The first kappa shape index (κ1) is 19.8. The summed E-state index contributed by atoms with van der Waals surface area (Å²) in [5, 5.41) is 13.2. The average molecular weight is 387 g/mol. The van der Waals surface area contributed by atoms with Gasteiger partial charge in [-0.2, -0.15) is 10.4 Å². The summed E-state index contributed by atoms with van der Waals surface area (Å²) in [7, 11) is 0. The number of nitrogens with one attached hydrogen (secondary N) is 1. The molecule has 0 spiro atoms. The van der Waals surface area contributed by atoms with Gasteiger partial charge in [0.1, 0.15) is 18.2 Å². The predicted octanol–water partition coefficient (Wildman–Crippen LogP) is 4.16. The van der Waals surface area contributed by atoms with E-state index in [-0.39, 0.29) is 12.4 Å². The highest BCUT2D eigenvalue weighted by Crippen LogP contribution is 2.16. The molecule has 3 rings (SSSR count). The van der Waals surface area contributed by atoms with Crippen LogP contribution in [0.4, 0.5) is 4.39 Å². The maximum absolute atomic E-state index is 13.6.